The molecule has 7 nitrogen and oxygen atoms in total. The molecule has 3 aromatic rings. The summed E-state index contributed by atoms with van der Waals surface area (Å²) >= 11 is 12.0. The number of carbonyl (C=O) groups excluding carboxylic acids is 2. The SMILES string of the molecule is Cc1cc(C(=O)OC(C)C(=O)Nc2cccc(Cl)c2Cl)c2c(C)noc2n1. The van der Waals surface area contributed by atoms with Gasteiger partial charge in [0.2, 0.25) is 0 Å². The Bertz CT molecular complexity index is 1050. The molecule has 1 aromatic carbocycles. The van der Waals surface area contributed by atoms with E-state index in [-0.39, 0.29) is 16.3 Å². The van der Waals surface area contributed by atoms with Gasteiger partial charge in [0.15, 0.2) is 6.10 Å². The molecule has 9 heteroatoms. The van der Waals surface area contributed by atoms with Gasteiger partial charge in [-0.05, 0) is 39.0 Å². The number of nitrogens with one attached hydrogen (secondary N) is 1. The maximum Gasteiger partial charge on any atom is 0.339 e. The smallest absolute Gasteiger partial charge is 0.339 e. The van der Waals surface area contributed by atoms with Crippen LogP contribution in [0.3, 0.4) is 0 Å². The number of halogens is 2. The number of esters is 1. The van der Waals surface area contributed by atoms with Gasteiger partial charge in [-0.1, -0.05) is 34.4 Å². The fraction of sp³-hybridized carbons (Fsp3) is 0.222. The van der Waals surface area contributed by atoms with Crippen LogP contribution < -0.4 is 5.32 Å². The number of fused-ring (bicyclic) bond motifs is 1. The molecule has 0 spiro atoms. The first-order chi connectivity index (χ1) is 12.8. The molecular formula is C18H15Cl2N3O4. The molecule has 0 aliphatic carbocycles. The van der Waals surface area contributed by atoms with E-state index in [4.69, 9.17) is 32.5 Å². The molecule has 0 fully saturated rings. The van der Waals surface area contributed by atoms with Crippen molar-refractivity contribution in [2.45, 2.75) is 26.9 Å². The average Bonchev–Trinajstić information content (AvgIpc) is 2.98. The number of anilines is 1. The third-order valence-electron chi connectivity index (χ3n) is 3.83. The van der Waals surface area contributed by atoms with Crippen molar-refractivity contribution < 1.29 is 18.8 Å². The normalized spacial score (nSPS) is 12.0. The Labute approximate surface area is 164 Å². The van der Waals surface area contributed by atoms with E-state index < -0.39 is 18.0 Å². The summed E-state index contributed by atoms with van der Waals surface area (Å²) in [5.74, 6) is -1.23. The molecule has 0 aliphatic rings. The number of nitrogens with zero attached hydrogens (tertiary/aromatic N) is 2. The summed E-state index contributed by atoms with van der Waals surface area (Å²) < 4.78 is 10.4. The van der Waals surface area contributed by atoms with E-state index in [1.807, 2.05) is 0 Å². The number of aryl methyl sites for hydroxylation is 2. The molecule has 0 saturated carbocycles. The van der Waals surface area contributed by atoms with Crippen molar-refractivity contribution in [1.29, 1.82) is 0 Å². The average molecular weight is 408 g/mol. The number of pyridine rings is 1. The standard InChI is InChI=1S/C18H15Cl2N3O4/c1-8-7-11(14-9(2)23-27-17(14)21-8)18(25)26-10(3)16(24)22-13-6-4-5-12(19)15(13)20/h4-7,10H,1-3H3,(H,22,24). The van der Waals surface area contributed by atoms with Gasteiger partial charge >= 0.3 is 5.97 Å². The van der Waals surface area contributed by atoms with E-state index in [9.17, 15) is 9.59 Å². The van der Waals surface area contributed by atoms with Gasteiger partial charge < -0.3 is 14.6 Å². The van der Waals surface area contributed by atoms with Gasteiger partial charge in [0.05, 0.1) is 32.4 Å². The second-order valence-corrected chi connectivity index (χ2v) is 6.68. The molecule has 1 atom stereocenters. The molecule has 0 radical (unpaired) electrons. The zero-order valence-corrected chi connectivity index (χ0v) is 16.2. The Morgan fingerprint density at radius 3 is 2.74 bits per heavy atom. The number of aromatic nitrogens is 2. The van der Waals surface area contributed by atoms with Crippen LogP contribution in [0.1, 0.15) is 28.7 Å². The monoisotopic (exact) mass is 407 g/mol. The van der Waals surface area contributed by atoms with Crippen molar-refractivity contribution in [3.8, 4) is 0 Å². The number of rotatable bonds is 4. The van der Waals surface area contributed by atoms with Crippen molar-refractivity contribution in [2.24, 2.45) is 0 Å². The predicted octanol–water partition coefficient (Wildman–Crippen LogP) is 4.33. The second kappa shape index (κ2) is 7.54. The number of amides is 1. The summed E-state index contributed by atoms with van der Waals surface area (Å²) in [6.45, 7) is 4.86. The van der Waals surface area contributed by atoms with Crippen LogP contribution in [0.5, 0.6) is 0 Å². The number of carbonyl (C=O) groups is 2. The van der Waals surface area contributed by atoms with Crippen molar-refractivity contribution >= 4 is 51.9 Å². The van der Waals surface area contributed by atoms with Crippen LogP contribution in [0, 0.1) is 13.8 Å². The molecule has 1 amide bonds. The van der Waals surface area contributed by atoms with Gasteiger partial charge in [-0.2, -0.15) is 0 Å². The van der Waals surface area contributed by atoms with Crippen molar-refractivity contribution in [3.63, 3.8) is 0 Å². The summed E-state index contributed by atoms with van der Waals surface area (Å²) in [6.07, 6.45) is -1.07. The Morgan fingerprint density at radius 1 is 1.26 bits per heavy atom. The zero-order chi connectivity index (χ0) is 19.7. The van der Waals surface area contributed by atoms with Gasteiger partial charge in [0, 0.05) is 5.69 Å². The quantitative estimate of drug-likeness (QED) is 0.646. The van der Waals surface area contributed by atoms with Gasteiger partial charge in [-0.15, -0.1) is 0 Å². The minimum absolute atomic E-state index is 0.206. The van der Waals surface area contributed by atoms with E-state index in [2.05, 4.69) is 15.5 Å². The summed E-state index contributed by atoms with van der Waals surface area (Å²) in [5.41, 5.74) is 1.87. The molecule has 0 bridgehead atoms. The first-order valence-electron chi connectivity index (χ1n) is 7.97. The minimum Gasteiger partial charge on any atom is -0.449 e. The summed E-state index contributed by atoms with van der Waals surface area (Å²) in [6, 6.07) is 6.40. The minimum atomic E-state index is -1.07. The van der Waals surface area contributed by atoms with E-state index in [1.54, 1.807) is 38.1 Å². The number of benzene rings is 1. The van der Waals surface area contributed by atoms with Crippen molar-refractivity contribution in [3.05, 3.63) is 51.3 Å². The zero-order valence-electron chi connectivity index (χ0n) is 14.7. The number of ether oxygens (including phenoxy) is 1. The molecular weight excluding hydrogens is 393 g/mol. The molecule has 2 heterocycles. The maximum absolute atomic E-state index is 12.6. The molecule has 0 aliphatic heterocycles. The van der Waals surface area contributed by atoms with Gasteiger partial charge in [0.25, 0.3) is 11.6 Å². The van der Waals surface area contributed by atoms with Crippen LogP contribution in [0.4, 0.5) is 5.69 Å². The topological polar surface area (TPSA) is 94.3 Å². The molecule has 1 unspecified atom stereocenters. The van der Waals surface area contributed by atoms with Crippen LogP contribution in [0.15, 0.2) is 28.8 Å². The van der Waals surface area contributed by atoms with Crippen LogP contribution >= 0.6 is 23.2 Å². The van der Waals surface area contributed by atoms with Gasteiger partial charge in [-0.3, -0.25) is 4.79 Å². The molecule has 2 aromatic heterocycles. The summed E-state index contributed by atoms with van der Waals surface area (Å²) in [4.78, 5) is 29.1. The summed E-state index contributed by atoms with van der Waals surface area (Å²) in [7, 11) is 0. The van der Waals surface area contributed by atoms with Crippen molar-refractivity contribution in [2.75, 3.05) is 5.32 Å². The third-order valence-corrected chi connectivity index (χ3v) is 4.65. The fourth-order valence-electron chi connectivity index (χ4n) is 2.49. The maximum atomic E-state index is 12.6. The molecule has 27 heavy (non-hydrogen) atoms. The van der Waals surface area contributed by atoms with E-state index in [0.717, 1.165) is 0 Å². The molecule has 0 saturated heterocycles. The Morgan fingerprint density at radius 2 is 2.00 bits per heavy atom. The third kappa shape index (κ3) is 3.89. The first kappa shape index (κ1) is 19.1. The van der Waals surface area contributed by atoms with Crippen LogP contribution in [0.25, 0.3) is 11.1 Å². The Hall–Kier alpha value is -2.64. The first-order valence-corrected chi connectivity index (χ1v) is 8.73. The Kier molecular flexibility index (Phi) is 5.34. The fourth-order valence-corrected chi connectivity index (χ4v) is 2.84. The van der Waals surface area contributed by atoms with Crippen LogP contribution in [-0.2, 0) is 9.53 Å². The lowest BCUT2D eigenvalue weighted by atomic mass is 10.1. The van der Waals surface area contributed by atoms with E-state index in [1.165, 1.54) is 6.92 Å². The van der Waals surface area contributed by atoms with Gasteiger partial charge in [-0.25, -0.2) is 9.78 Å². The van der Waals surface area contributed by atoms with E-state index >= 15 is 0 Å². The van der Waals surface area contributed by atoms with Gasteiger partial charge in [0.1, 0.15) is 0 Å². The highest BCUT2D eigenvalue weighted by Gasteiger charge is 2.24. The second-order valence-electron chi connectivity index (χ2n) is 5.90. The largest absolute Gasteiger partial charge is 0.449 e. The lowest BCUT2D eigenvalue weighted by Crippen LogP contribution is -2.30. The lowest BCUT2D eigenvalue weighted by molar-refractivity contribution is -0.123. The van der Waals surface area contributed by atoms with Crippen LogP contribution in [-0.4, -0.2) is 28.1 Å². The molecule has 3 rings (SSSR count). The van der Waals surface area contributed by atoms with Crippen LogP contribution in [0.2, 0.25) is 10.0 Å². The highest BCUT2D eigenvalue weighted by Crippen LogP contribution is 2.29. The van der Waals surface area contributed by atoms with E-state index in [0.29, 0.717) is 27.5 Å². The lowest BCUT2D eigenvalue weighted by Gasteiger charge is -2.15. The number of hydrogen-bond donors (Lipinski definition) is 1. The summed E-state index contributed by atoms with van der Waals surface area (Å²) in [5, 5.41) is 7.37. The predicted molar refractivity (Wildman–Crippen MR) is 101 cm³/mol. The molecule has 140 valence electrons. The highest BCUT2D eigenvalue weighted by molar-refractivity contribution is 6.44. The Balaban J connectivity index is 1.79. The van der Waals surface area contributed by atoms with Crippen molar-refractivity contribution in [1.82, 2.24) is 10.1 Å². The number of hydrogen-bond acceptors (Lipinski definition) is 6. The highest BCUT2D eigenvalue weighted by atomic mass is 35.5. The molecule has 1 N–H and O–H groups in total.